The molecule has 19 nitrogen and oxygen atoms in total. The summed E-state index contributed by atoms with van der Waals surface area (Å²) < 4.78 is 33.8. The third-order valence-electron chi connectivity index (χ3n) is 10.9. The van der Waals surface area contributed by atoms with Crippen molar-refractivity contribution in [1.82, 2.24) is 26.8 Å². The molecule has 0 aromatic heterocycles. The van der Waals surface area contributed by atoms with Gasteiger partial charge in [0.15, 0.2) is 0 Å². The second kappa shape index (κ2) is 86.1. The molecule has 0 aromatic carbocycles. The van der Waals surface area contributed by atoms with Gasteiger partial charge in [-0.25, -0.2) is 4.79 Å². The lowest BCUT2D eigenvalue weighted by Crippen LogP contribution is -2.41. The summed E-state index contributed by atoms with van der Waals surface area (Å²) in [6.45, 7) is 12.8. The van der Waals surface area contributed by atoms with E-state index in [1.165, 1.54) is 69.1 Å². The third kappa shape index (κ3) is 91.0. The van der Waals surface area contributed by atoms with E-state index < -0.39 is 35.9 Å². The van der Waals surface area contributed by atoms with Crippen molar-refractivity contribution in [3.63, 3.8) is 0 Å². The van der Waals surface area contributed by atoms with Crippen LogP contribution in [0.4, 0.5) is 9.19 Å². The predicted octanol–water partition coefficient (Wildman–Crippen LogP) is 12.2. The summed E-state index contributed by atoms with van der Waals surface area (Å²) in [6.07, 6.45) is 30.8. The summed E-state index contributed by atoms with van der Waals surface area (Å²) >= 11 is 1.86. The molecule has 0 fully saturated rings. The van der Waals surface area contributed by atoms with Crippen LogP contribution < -0.4 is 26.8 Å². The first-order chi connectivity index (χ1) is 39.2. The molecule has 0 aromatic rings. The van der Waals surface area contributed by atoms with Crippen molar-refractivity contribution in [3.05, 3.63) is 0 Å². The highest BCUT2D eigenvalue weighted by Gasteiger charge is 2.21. The van der Waals surface area contributed by atoms with E-state index in [1.54, 1.807) is 43.2 Å². The minimum absolute atomic E-state index is 0. The van der Waals surface area contributed by atoms with Crippen LogP contribution in [0.2, 0.25) is 0 Å². The molecule has 83 heavy (non-hydrogen) atoms. The van der Waals surface area contributed by atoms with Crippen LogP contribution >= 0.6 is 54.9 Å². The van der Waals surface area contributed by atoms with Gasteiger partial charge >= 0.3 is 17.9 Å². The summed E-state index contributed by atoms with van der Waals surface area (Å²) in [5, 5.41) is 37.5. The van der Waals surface area contributed by atoms with Gasteiger partial charge in [0.25, 0.3) is 0 Å². The smallest absolute Gasteiger partial charge is 0.326 e. The monoisotopic (exact) mass is 1300 g/mol. The molecule has 0 saturated carbocycles. The van der Waals surface area contributed by atoms with Gasteiger partial charge in [-0.15, -0.1) is 10.0 Å². The van der Waals surface area contributed by atoms with E-state index in [0.29, 0.717) is 84.8 Å². The van der Waals surface area contributed by atoms with Gasteiger partial charge in [-0.3, -0.25) is 33.5 Å². The number of hydrogen-bond donors (Lipinski definition) is 8. The van der Waals surface area contributed by atoms with Gasteiger partial charge in [0.1, 0.15) is 25.3 Å². The summed E-state index contributed by atoms with van der Waals surface area (Å²) in [7, 11) is 7.09. The van der Waals surface area contributed by atoms with Crippen LogP contribution in [0.1, 0.15) is 203 Å². The number of carbonyl (C=O) groups excluding carboxylic acids is 4. The Labute approximate surface area is 521 Å². The van der Waals surface area contributed by atoms with Gasteiger partial charge in [0.2, 0.25) is 23.6 Å². The number of carboxylic acid groups (broad SMARTS) is 3. The topological polar surface area (TPSA) is 277 Å². The maximum absolute atomic E-state index is 12.4. The Morgan fingerprint density at radius 1 is 0.422 bits per heavy atom. The minimum Gasteiger partial charge on any atom is -0.481 e. The van der Waals surface area contributed by atoms with Crippen molar-refractivity contribution in [1.29, 1.82) is 0 Å². The van der Waals surface area contributed by atoms with Crippen molar-refractivity contribution in [2.45, 2.75) is 215 Å². The zero-order chi connectivity index (χ0) is 62.3. The van der Waals surface area contributed by atoms with Gasteiger partial charge in [0.05, 0.1) is 26.4 Å². The Bertz CT molecular complexity index is 1390. The summed E-state index contributed by atoms with van der Waals surface area (Å²) in [5.41, 5.74) is 1.22. The molecule has 0 bridgehead atoms. The Balaban J connectivity index is -0.000000462. The van der Waals surface area contributed by atoms with E-state index >= 15 is 0 Å². The van der Waals surface area contributed by atoms with Crippen molar-refractivity contribution in [2.75, 3.05) is 110 Å². The van der Waals surface area contributed by atoms with Crippen LogP contribution in [0.15, 0.2) is 0 Å². The van der Waals surface area contributed by atoms with Crippen molar-refractivity contribution >= 4 is 96.5 Å². The summed E-state index contributed by atoms with van der Waals surface area (Å²) in [5.74, 6) is -3.32. The maximum Gasteiger partial charge on any atom is 0.326 e. The highest BCUT2D eigenvalue weighted by atomic mass is 33.1. The van der Waals surface area contributed by atoms with E-state index in [-0.39, 0.29) is 81.7 Å². The number of thioether (sulfide) groups is 1. The molecule has 0 aliphatic heterocycles. The lowest BCUT2D eigenvalue weighted by molar-refractivity contribution is -0.142. The lowest BCUT2D eigenvalue weighted by Gasteiger charge is -2.14. The average Bonchev–Trinajstić information content (AvgIpc) is 3.46. The fraction of sp³-hybridized carbons (Fsp3) is 0.877. The minimum atomic E-state index is -1.28. The standard InChI is InChI=1S/C45H82FN5O14.C3H8S.2C2H6S2.2C2H6.CH4.FH/c46-51-38(45(60)61)21-17-18-26-48-41(54)35-65-36-42(55)49-28-20-30-63-32-34-64-33-31-62-29-19-27-47-39(52)25-24-37(44(58)59)50-40(53)22-15-13-11-9-7-5-3-1-2-4-6-8-10-12-14-16-23-43(56)57;3*1-3-4-2;2*1-2;;/h37-38,51H,1-36H2,(H,47,52)(H,48,54)(H,49,55)(H,50,53)(H,56,57)(H,58,59)(H,60,61);3H2,1-2H3;2*1-2H3;2*1-2H3;1H4;1H/t37-,38?;;;;;;;/m0......./s1. The first-order valence-electron chi connectivity index (χ1n) is 29.3. The Kier molecular flexibility index (Phi) is 101. The quantitative estimate of drug-likeness (QED) is 0.0160. The number of amides is 4. The number of unbranched alkanes of at least 4 members (excludes halogenated alkanes) is 16. The molecular weight excluding hydrogens is 1180 g/mol. The molecular formula is C57H119F2N5O14S5. The van der Waals surface area contributed by atoms with Gasteiger partial charge < -0.3 is 55.5 Å². The number of aliphatic carboxylic acids is 3. The number of nitrogens with one attached hydrogen (secondary N) is 5. The van der Waals surface area contributed by atoms with E-state index in [2.05, 4.69) is 59.5 Å². The number of carboxylic acids is 3. The molecule has 26 heteroatoms. The molecule has 0 spiro atoms. The van der Waals surface area contributed by atoms with Crippen LogP contribution in [0.5, 0.6) is 0 Å². The average molecular weight is 1300 g/mol. The van der Waals surface area contributed by atoms with Crippen LogP contribution in [0.3, 0.4) is 0 Å². The molecule has 4 amide bonds. The largest absolute Gasteiger partial charge is 0.481 e. The summed E-state index contributed by atoms with van der Waals surface area (Å²) in [6, 6.07) is -2.39. The Morgan fingerprint density at radius 3 is 1.10 bits per heavy atom. The van der Waals surface area contributed by atoms with Gasteiger partial charge in [0, 0.05) is 52.1 Å². The summed E-state index contributed by atoms with van der Waals surface area (Å²) in [4.78, 5) is 81.1. The van der Waals surface area contributed by atoms with E-state index in [1.807, 2.05) is 39.5 Å². The van der Waals surface area contributed by atoms with E-state index in [0.717, 1.165) is 38.5 Å². The second-order valence-electron chi connectivity index (χ2n) is 17.4. The van der Waals surface area contributed by atoms with Crippen LogP contribution in [-0.4, -0.2) is 178 Å². The van der Waals surface area contributed by atoms with Gasteiger partial charge in [-0.2, -0.15) is 11.8 Å². The number of rotatable bonds is 52. The first-order valence-corrected chi connectivity index (χ1v) is 36.6. The maximum atomic E-state index is 12.4. The molecule has 500 valence electrons. The van der Waals surface area contributed by atoms with E-state index in [9.17, 15) is 43.1 Å². The normalized spacial score (nSPS) is 10.6. The molecule has 2 atom stereocenters. The van der Waals surface area contributed by atoms with E-state index in [4.69, 9.17) is 29.2 Å². The van der Waals surface area contributed by atoms with Gasteiger partial charge in [-0.05, 0) is 88.4 Å². The Hall–Kier alpha value is -2.30. The predicted molar refractivity (Wildman–Crippen MR) is 351 cm³/mol. The first kappa shape index (κ1) is 97.0. The fourth-order valence-corrected chi connectivity index (χ4v) is 6.53. The van der Waals surface area contributed by atoms with Crippen molar-refractivity contribution in [2.24, 2.45) is 0 Å². The number of hydrogen-bond acceptors (Lipinski definition) is 17. The molecule has 0 saturated heterocycles. The number of carbonyl (C=O) groups is 7. The van der Waals surface area contributed by atoms with Crippen LogP contribution in [0, 0.1) is 0 Å². The molecule has 0 aliphatic carbocycles. The highest BCUT2D eigenvalue weighted by Crippen LogP contribution is 2.15. The zero-order valence-corrected chi connectivity index (χ0v) is 56.1. The molecule has 0 heterocycles. The van der Waals surface area contributed by atoms with Crippen molar-refractivity contribution < 1.29 is 77.0 Å². The van der Waals surface area contributed by atoms with Gasteiger partial charge in [-0.1, -0.05) is 175 Å². The zero-order valence-electron chi connectivity index (χ0n) is 52.0. The molecule has 0 aliphatic rings. The number of halogens is 2. The highest BCUT2D eigenvalue weighted by molar-refractivity contribution is 8.76. The Morgan fingerprint density at radius 2 is 0.759 bits per heavy atom. The molecule has 8 N–H and O–H groups in total. The van der Waals surface area contributed by atoms with Crippen LogP contribution in [0.25, 0.3) is 0 Å². The number of ether oxygens (including phenoxy) is 4. The SMILES string of the molecule is C.CC.CC.CCSC.CSSC.CSSC.F.O=C(O)CCCCCCCCCCCCCCCCCCC(=O)N[C@@H](CCC(=O)NCCCOCCOCCOCCCNC(=O)COCC(=O)NCCCCC(NF)C(=O)O)C(=O)O. The molecule has 0 rings (SSSR count). The van der Waals surface area contributed by atoms with Crippen molar-refractivity contribution in [3.8, 4) is 0 Å². The lowest BCUT2D eigenvalue weighted by atomic mass is 10.0. The molecule has 1 unspecified atom stereocenters. The molecule has 0 radical (unpaired) electrons. The van der Waals surface area contributed by atoms with Crippen LogP contribution in [-0.2, 0) is 52.5 Å². The third-order valence-corrected chi connectivity index (χ3v) is 14.2. The fourth-order valence-electron chi connectivity index (χ4n) is 6.53. The second-order valence-corrected chi connectivity index (χ2v) is 23.9.